The van der Waals surface area contributed by atoms with Gasteiger partial charge in [-0.05, 0) is 42.2 Å². The molecule has 0 atom stereocenters. The number of likely N-dealkylation sites (N-methyl/N-ethyl adjacent to an activating group) is 1. The predicted octanol–water partition coefficient (Wildman–Crippen LogP) is 2.87. The van der Waals surface area contributed by atoms with Gasteiger partial charge in [-0.3, -0.25) is 0 Å². The smallest absolute Gasteiger partial charge is 0.137 e. The van der Waals surface area contributed by atoms with Crippen molar-refractivity contribution >= 4 is 31.9 Å². The number of ether oxygens (including phenoxy) is 1. The number of methoxy groups -OCH3 is 1. The maximum absolute atomic E-state index is 5.39. The number of hydrogen-bond acceptors (Lipinski definition) is 3. The summed E-state index contributed by atoms with van der Waals surface area (Å²) in [6.45, 7) is 2.78. The summed E-state index contributed by atoms with van der Waals surface area (Å²) in [6, 6.07) is 4.06. The van der Waals surface area contributed by atoms with E-state index in [9.17, 15) is 0 Å². The highest BCUT2D eigenvalue weighted by Gasteiger charge is 2.08. The van der Waals surface area contributed by atoms with Crippen molar-refractivity contribution in [2.45, 2.75) is 6.54 Å². The van der Waals surface area contributed by atoms with Crippen molar-refractivity contribution in [3.8, 4) is 5.75 Å². The standard InChI is InChI=1S/C12H18Br2N2O/c1-16(2)5-4-15-8-9-6-10(13)7-11(14)12(9)17-3/h6-7,15H,4-5,8H2,1-3H3. The second-order valence-corrected chi connectivity index (χ2v) is 5.83. The topological polar surface area (TPSA) is 24.5 Å². The van der Waals surface area contributed by atoms with Crippen LogP contribution in [0, 0.1) is 0 Å². The zero-order valence-corrected chi connectivity index (χ0v) is 13.6. The molecular weight excluding hydrogens is 348 g/mol. The molecule has 96 valence electrons. The summed E-state index contributed by atoms with van der Waals surface area (Å²) in [5, 5.41) is 3.40. The summed E-state index contributed by atoms with van der Waals surface area (Å²) in [5.41, 5.74) is 1.15. The van der Waals surface area contributed by atoms with Gasteiger partial charge in [0.1, 0.15) is 5.75 Å². The van der Waals surface area contributed by atoms with Crippen LogP contribution in [0.5, 0.6) is 5.75 Å². The van der Waals surface area contributed by atoms with Gasteiger partial charge in [0.2, 0.25) is 0 Å². The molecule has 0 heterocycles. The monoisotopic (exact) mass is 364 g/mol. The zero-order chi connectivity index (χ0) is 12.8. The molecule has 1 rings (SSSR count). The second-order valence-electron chi connectivity index (χ2n) is 4.06. The van der Waals surface area contributed by atoms with Crippen LogP contribution in [0.1, 0.15) is 5.56 Å². The first-order chi connectivity index (χ1) is 8.04. The van der Waals surface area contributed by atoms with Crippen LogP contribution in [0.2, 0.25) is 0 Å². The Bertz CT molecular complexity index is 370. The third kappa shape index (κ3) is 4.95. The fourth-order valence-electron chi connectivity index (χ4n) is 1.50. The van der Waals surface area contributed by atoms with E-state index in [1.165, 1.54) is 0 Å². The Labute approximate surface area is 120 Å². The number of nitrogens with zero attached hydrogens (tertiary/aromatic N) is 1. The third-order valence-electron chi connectivity index (χ3n) is 2.34. The summed E-state index contributed by atoms with van der Waals surface area (Å²) < 4.78 is 7.41. The minimum Gasteiger partial charge on any atom is -0.495 e. The molecule has 0 bridgehead atoms. The molecule has 0 unspecified atom stereocenters. The molecule has 0 saturated heterocycles. The van der Waals surface area contributed by atoms with Crippen molar-refractivity contribution < 1.29 is 4.74 Å². The second kappa shape index (κ2) is 7.36. The van der Waals surface area contributed by atoms with Gasteiger partial charge in [-0.2, -0.15) is 0 Å². The van der Waals surface area contributed by atoms with Crippen molar-refractivity contribution in [2.75, 3.05) is 34.3 Å². The van der Waals surface area contributed by atoms with Crippen molar-refractivity contribution in [3.63, 3.8) is 0 Å². The Hall–Kier alpha value is -0.100. The van der Waals surface area contributed by atoms with E-state index in [0.29, 0.717) is 0 Å². The van der Waals surface area contributed by atoms with Crippen molar-refractivity contribution in [1.82, 2.24) is 10.2 Å². The van der Waals surface area contributed by atoms with Crippen LogP contribution in [0.3, 0.4) is 0 Å². The van der Waals surface area contributed by atoms with Crippen LogP contribution in [0.25, 0.3) is 0 Å². The van der Waals surface area contributed by atoms with Gasteiger partial charge >= 0.3 is 0 Å². The van der Waals surface area contributed by atoms with Crippen LogP contribution in [0.15, 0.2) is 21.1 Å². The van der Waals surface area contributed by atoms with Gasteiger partial charge in [0.25, 0.3) is 0 Å². The van der Waals surface area contributed by atoms with E-state index in [4.69, 9.17) is 4.74 Å². The van der Waals surface area contributed by atoms with Crippen LogP contribution in [-0.2, 0) is 6.54 Å². The zero-order valence-electron chi connectivity index (χ0n) is 10.4. The fourth-order valence-corrected chi connectivity index (χ4v) is 2.97. The summed E-state index contributed by atoms with van der Waals surface area (Å²) in [7, 11) is 5.83. The molecule has 0 aliphatic carbocycles. The fraction of sp³-hybridized carbons (Fsp3) is 0.500. The van der Waals surface area contributed by atoms with Gasteiger partial charge in [0, 0.05) is 29.7 Å². The van der Waals surface area contributed by atoms with Crippen LogP contribution < -0.4 is 10.1 Å². The minimum atomic E-state index is 0.801. The largest absolute Gasteiger partial charge is 0.495 e. The molecule has 0 saturated carbocycles. The highest BCUT2D eigenvalue weighted by molar-refractivity contribution is 9.11. The maximum Gasteiger partial charge on any atom is 0.137 e. The van der Waals surface area contributed by atoms with Crippen molar-refractivity contribution in [1.29, 1.82) is 0 Å². The molecular formula is C12H18Br2N2O. The lowest BCUT2D eigenvalue weighted by molar-refractivity contribution is 0.391. The number of rotatable bonds is 6. The van der Waals surface area contributed by atoms with E-state index in [1.807, 2.05) is 6.07 Å². The molecule has 1 aromatic rings. The number of benzene rings is 1. The number of nitrogens with one attached hydrogen (secondary N) is 1. The maximum atomic E-state index is 5.39. The molecule has 1 N–H and O–H groups in total. The van der Waals surface area contributed by atoms with E-state index in [1.54, 1.807) is 7.11 Å². The van der Waals surface area contributed by atoms with Gasteiger partial charge in [-0.1, -0.05) is 15.9 Å². The first-order valence-corrected chi connectivity index (χ1v) is 7.00. The molecule has 3 nitrogen and oxygen atoms in total. The average molecular weight is 366 g/mol. The van der Waals surface area contributed by atoms with Crippen LogP contribution >= 0.6 is 31.9 Å². The number of hydrogen-bond donors (Lipinski definition) is 1. The Morgan fingerprint density at radius 1 is 1.29 bits per heavy atom. The number of halogens is 2. The first kappa shape index (κ1) is 15.0. The van der Waals surface area contributed by atoms with E-state index >= 15 is 0 Å². The SMILES string of the molecule is COc1c(Br)cc(Br)cc1CNCCN(C)C. The van der Waals surface area contributed by atoms with Gasteiger partial charge in [0.15, 0.2) is 0 Å². The highest BCUT2D eigenvalue weighted by Crippen LogP contribution is 2.32. The lowest BCUT2D eigenvalue weighted by atomic mass is 10.2. The van der Waals surface area contributed by atoms with Gasteiger partial charge < -0.3 is 15.0 Å². The summed E-state index contributed by atoms with van der Waals surface area (Å²) in [5.74, 6) is 0.894. The van der Waals surface area contributed by atoms with Crippen LogP contribution in [-0.4, -0.2) is 39.2 Å². The van der Waals surface area contributed by atoms with Crippen molar-refractivity contribution in [3.05, 3.63) is 26.6 Å². The minimum absolute atomic E-state index is 0.801. The molecule has 0 aromatic heterocycles. The lowest BCUT2D eigenvalue weighted by Gasteiger charge is -2.14. The van der Waals surface area contributed by atoms with E-state index in [-0.39, 0.29) is 0 Å². The van der Waals surface area contributed by atoms with E-state index < -0.39 is 0 Å². The normalized spacial score (nSPS) is 10.9. The average Bonchev–Trinajstić information content (AvgIpc) is 2.23. The van der Waals surface area contributed by atoms with Crippen molar-refractivity contribution in [2.24, 2.45) is 0 Å². The molecule has 17 heavy (non-hydrogen) atoms. The van der Waals surface area contributed by atoms with Gasteiger partial charge in [-0.25, -0.2) is 0 Å². The first-order valence-electron chi connectivity index (χ1n) is 5.42. The molecule has 0 aliphatic heterocycles. The quantitative estimate of drug-likeness (QED) is 0.784. The van der Waals surface area contributed by atoms with E-state index in [2.05, 4.69) is 62.2 Å². The highest BCUT2D eigenvalue weighted by atomic mass is 79.9. The molecule has 0 aliphatic rings. The molecule has 0 spiro atoms. The van der Waals surface area contributed by atoms with Crippen LogP contribution in [0.4, 0.5) is 0 Å². The summed E-state index contributed by atoms with van der Waals surface area (Å²) >= 11 is 6.99. The lowest BCUT2D eigenvalue weighted by Crippen LogP contribution is -2.26. The Morgan fingerprint density at radius 2 is 2.00 bits per heavy atom. The molecule has 0 fully saturated rings. The Morgan fingerprint density at radius 3 is 2.59 bits per heavy atom. The molecule has 0 radical (unpaired) electrons. The summed E-state index contributed by atoms with van der Waals surface area (Å²) in [6.07, 6.45) is 0. The Kier molecular flexibility index (Phi) is 6.48. The van der Waals surface area contributed by atoms with E-state index in [0.717, 1.165) is 39.9 Å². The molecule has 1 aromatic carbocycles. The Balaban J connectivity index is 2.63. The predicted molar refractivity (Wildman–Crippen MR) is 78.7 cm³/mol. The molecule has 5 heteroatoms. The van der Waals surface area contributed by atoms with Gasteiger partial charge in [0.05, 0.1) is 11.6 Å². The van der Waals surface area contributed by atoms with Gasteiger partial charge in [-0.15, -0.1) is 0 Å². The molecule has 0 amide bonds. The third-order valence-corrected chi connectivity index (χ3v) is 3.39. The summed E-state index contributed by atoms with van der Waals surface area (Å²) in [4.78, 5) is 2.15.